The van der Waals surface area contributed by atoms with Crippen LogP contribution in [-0.4, -0.2) is 43.3 Å². The zero-order valence-corrected chi connectivity index (χ0v) is 14.9. The van der Waals surface area contributed by atoms with Gasteiger partial charge >= 0.3 is 12.1 Å². The Labute approximate surface area is 154 Å². The van der Waals surface area contributed by atoms with Crippen molar-refractivity contribution in [3.63, 3.8) is 0 Å². The van der Waals surface area contributed by atoms with Crippen molar-refractivity contribution in [3.8, 4) is 16.2 Å². The minimum absolute atomic E-state index is 0.175. The molecule has 2 aromatic rings. The molecule has 3 amide bonds. The first kappa shape index (κ1) is 18.2. The Hall–Kier alpha value is -2.62. The van der Waals surface area contributed by atoms with Crippen LogP contribution in [0.1, 0.15) is 5.56 Å². The summed E-state index contributed by atoms with van der Waals surface area (Å²) in [6.45, 7) is 4.28. The molecule has 0 atom stereocenters. The maximum absolute atomic E-state index is 11.1. The van der Waals surface area contributed by atoms with Gasteiger partial charge in [-0.3, -0.25) is 10.2 Å². The van der Waals surface area contributed by atoms with Gasteiger partial charge < -0.3 is 20.9 Å². The molecule has 0 spiro atoms. The summed E-state index contributed by atoms with van der Waals surface area (Å²) in [4.78, 5) is 25.3. The summed E-state index contributed by atoms with van der Waals surface area (Å²) < 4.78 is 10.3. The molecular formula is C17H20N4O4S. The molecule has 0 radical (unpaired) electrons. The van der Waals surface area contributed by atoms with Crippen LogP contribution in [0.3, 0.4) is 0 Å². The number of carbonyl (C=O) groups excluding carboxylic acids is 2. The van der Waals surface area contributed by atoms with Crippen molar-refractivity contribution >= 4 is 28.5 Å². The van der Waals surface area contributed by atoms with Gasteiger partial charge in [0, 0.05) is 30.6 Å². The van der Waals surface area contributed by atoms with Crippen LogP contribution in [0.5, 0.6) is 5.75 Å². The van der Waals surface area contributed by atoms with Crippen molar-refractivity contribution in [2.75, 3.05) is 31.6 Å². The molecule has 1 fully saturated rings. The molecule has 0 saturated carbocycles. The summed E-state index contributed by atoms with van der Waals surface area (Å²) in [5.74, 6) is 0.175. The Morgan fingerprint density at radius 2 is 1.88 bits per heavy atom. The van der Waals surface area contributed by atoms with E-state index in [9.17, 15) is 9.59 Å². The van der Waals surface area contributed by atoms with E-state index in [2.05, 4.69) is 22.3 Å². The van der Waals surface area contributed by atoms with E-state index in [4.69, 9.17) is 20.9 Å². The minimum atomic E-state index is -0.956. The van der Waals surface area contributed by atoms with Crippen LogP contribution in [-0.2, 0) is 11.3 Å². The fraction of sp³-hybridized carbons (Fsp3) is 0.294. The van der Waals surface area contributed by atoms with Crippen LogP contribution in [0.4, 0.5) is 14.6 Å². The van der Waals surface area contributed by atoms with Gasteiger partial charge in [-0.15, -0.1) is 11.3 Å². The van der Waals surface area contributed by atoms with E-state index in [1.54, 1.807) is 6.07 Å². The quantitative estimate of drug-likeness (QED) is 0.739. The summed E-state index contributed by atoms with van der Waals surface area (Å²) in [7, 11) is 0. The highest BCUT2D eigenvalue weighted by Crippen LogP contribution is 2.40. The molecule has 1 saturated heterocycles. The number of carbonyl (C=O) groups is 2. The number of nitrogens with two attached hydrogens (primary N) is 2. The van der Waals surface area contributed by atoms with Gasteiger partial charge in [0.15, 0.2) is 5.75 Å². The van der Waals surface area contributed by atoms with Crippen LogP contribution in [0.2, 0.25) is 0 Å². The van der Waals surface area contributed by atoms with E-state index < -0.39 is 12.1 Å². The third-order valence-electron chi connectivity index (χ3n) is 3.89. The van der Waals surface area contributed by atoms with E-state index >= 15 is 0 Å². The Morgan fingerprint density at radius 1 is 1.19 bits per heavy atom. The SMILES string of the molecule is NC(=O)Nc1sc(-c2ccc(CN3CCOCC3)cc2)cc1OC(N)=O. The van der Waals surface area contributed by atoms with Crippen LogP contribution in [0.15, 0.2) is 30.3 Å². The first-order chi connectivity index (χ1) is 12.5. The zero-order valence-electron chi connectivity index (χ0n) is 14.1. The Morgan fingerprint density at radius 3 is 2.50 bits per heavy atom. The molecule has 0 bridgehead atoms. The number of thiophene rings is 1. The number of benzene rings is 1. The lowest BCUT2D eigenvalue weighted by Gasteiger charge is -2.26. The second kappa shape index (κ2) is 8.17. The number of anilines is 1. The van der Waals surface area contributed by atoms with Gasteiger partial charge in [-0.2, -0.15) is 0 Å². The van der Waals surface area contributed by atoms with Crippen molar-refractivity contribution in [2.45, 2.75) is 6.54 Å². The van der Waals surface area contributed by atoms with E-state index in [-0.39, 0.29) is 5.75 Å². The molecule has 2 heterocycles. The molecule has 0 unspecified atom stereocenters. The molecular weight excluding hydrogens is 356 g/mol. The molecule has 9 heteroatoms. The number of hydrogen-bond donors (Lipinski definition) is 3. The van der Waals surface area contributed by atoms with Gasteiger partial charge in [0.25, 0.3) is 0 Å². The highest BCUT2D eigenvalue weighted by molar-refractivity contribution is 7.20. The lowest BCUT2D eigenvalue weighted by Crippen LogP contribution is -2.35. The van der Waals surface area contributed by atoms with Crippen molar-refractivity contribution in [2.24, 2.45) is 11.5 Å². The molecule has 5 N–H and O–H groups in total. The first-order valence-electron chi connectivity index (χ1n) is 8.08. The molecule has 0 aliphatic carbocycles. The summed E-state index contributed by atoms with van der Waals surface area (Å²) in [6, 6.07) is 9.00. The van der Waals surface area contributed by atoms with E-state index in [1.165, 1.54) is 16.9 Å². The first-order valence-corrected chi connectivity index (χ1v) is 8.90. The van der Waals surface area contributed by atoms with Gasteiger partial charge in [0.05, 0.1) is 13.2 Å². The molecule has 26 heavy (non-hydrogen) atoms. The Kier molecular flexibility index (Phi) is 5.71. The molecule has 1 aliphatic heterocycles. The third-order valence-corrected chi connectivity index (χ3v) is 4.97. The smallest absolute Gasteiger partial charge is 0.407 e. The maximum atomic E-state index is 11.1. The van der Waals surface area contributed by atoms with E-state index in [1.807, 2.05) is 12.1 Å². The normalized spacial score (nSPS) is 14.8. The monoisotopic (exact) mass is 376 g/mol. The number of ether oxygens (including phenoxy) is 2. The average molecular weight is 376 g/mol. The van der Waals surface area contributed by atoms with Gasteiger partial charge in [0.1, 0.15) is 5.00 Å². The van der Waals surface area contributed by atoms with Crippen LogP contribution in [0.25, 0.3) is 10.4 Å². The van der Waals surface area contributed by atoms with Gasteiger partial charge in [-0.25, -0.2) is 9.59 Å². The van der Waals surface area contributed by atoms with Crippen molar-refractivity contribution < 1.29 is 19.1 Å². The second-order valence-corrected chi connectivity index (χ2v) is 6.85. The summed E-state index contributed by atoms with van der Waals surface area (Å²) in [5, 5.41) is 2.78. The highest BCUT2D eigenvalue weighted by Gasteiger charge is 2.16. The van der Waals surface area contributed by atoms with Gasteiger partial charge in [-0.1, -0.05) is 24.3 Å². The predicted octanol–water partition coefficient (Wildman–Crippen LogP) is 2.20. The lowest BCUT2D eigenvalue weighted by atomic mass is 10.1. The van der Waals surface area contributed by atoms with E-state index in [0.717, 1.165) is 43.3 Å². The fourth-order valence-corrected chi connectivity index (χ4v) is 3.68. The number of primary amides is 2. The van der Waals surface area contributed by atoms with Crippen molar-refractivity contribution in [1.29, 1.82) is 0 Å². The molecule has 8 nitrogen and oxygen atoms in total. The predicted molar refractivity (Wildman–Crippen MR) is 99.3 cm³/mol. The largest absolute Gasteiger partial charge is 0.410 e. The van der Waals surface area contributed by atoms with Gasteiger partial charge in [-0.05, 0) is 11.1 Å². The zero-order chi connectivity index (χ0) is 18.5. The number of amides is 3. The Bertz CT molecular complexity index is 751. The van der Waals surface area contributed by atoms with E-state index in [0.29, 0.717) is 5.00 Å². The minimum Gasteiger partial charge on any atom is -0.407 e. The summed E-state index contributed by atoms with van der Waals surface area (Å²) in [6.07, 6.45) is -0.956. The lowest BCUT2D eigenvalue weighted by molar-refractivity contribution is 0.0342. The second-order valence-electron chi connectivity index (χ2n) is 5.80. The standard InChI is InChI=1S/C17H20N4O4S/c18-16(22)20-15-13(25-17(19)23)9-14(26-15)12-3-1-11(2-4-12)10-21-5-7-24-8-6-21/h1-4,9H,5-8,10H2,(H2,19,23)(H3,18,20,22). The molecule has 1 aromatic heterocycles. The number of rotatable bonds is 5. The molecule has 1 aromatic carbocycles. The number of hydrogen-bond acceptors (Lipinski definition) is 6. The maximum Gasteiger partial charge on any atom is 0.410 e. The molecule has 3 rings (SSSR count). The summed E-state index contributed by atoms with van der Waals surface area (Å²) >= 11 is 1.25. The van der Waals surface area contributed by atoms with Crippen LogP contribution >= 0.6 is 11.3 Å². The number of nitrogens with one attached hydrogen (secondary N) is 1. The van der Waals surface area contributed by atoms with Gasteiger partial charge in [0.2, 0.25) is 0 Å². The summed E-state index contributed by atoms with van der Waals surface area (Å²) in [5.41, 5.74) is 12.4. The fourth-order valence-electron chi connectivity index (χ4n) is 2.69. The molecule has 138 valence electrons. The van der Waals surface area contributed by atoms with Crippen molar-refractivity contribution in [1.82, 2.24) is 4.90 Å². The Balaban J connectivity index is 1.76. The van der Waals surface area contributed by atoms with Crippen LogP contribution in [0, 0.1) is 0 Å². The van der Waals surface area contributed by atoms with Crippen molar-refractivity contribution in [3.05, 3.63) is 35.9 Å². The molecule has 1 aliphatic rings. The third kappa shape index (κ3) is 4.72. The topological polar surface area (TPSA) is 120 Å². The average Bonchev–Trinajstić information content (AvgIpc) is 2.97. The number of urea groups is 1. The highest BCUT2D eigenvalue weighted by atomic mass is 32.1. The number of nitrogens with zero attached hydrogens (tertiary/aromatic N) is 1. The van der Waals surface area contributed by atoms with Crippen LogP contribution < -0.4 is 21.5 Å². The number of morpholine rings is 1.